The maximum Gasteiger partial charge on any atom is 0.257 e. The zero-order chi connectivity index (χ0) is 28.4. The Bertz CT molecular complexity index is 1550. The maximum absolute atomic E-state index is 13.4. The molecule has 0 radical (unpaired) electrons. The molecule has 1 amide bonds. The number of phenolic OH excluding ortho intramolecular Hbond substituents is 1. The first-order valence-electron chi connectivity index (χ1n) is 12.9. The molecule has 210 valence electrons. The molecule has 5 rings (SSSR count). The van der Waals surface area contributed by atoms with E-state index < -0.39 is 11.1 Å². The van der Waals surface area contributed by atoms with Gasteiger partial charge < -0.3 is 24.8 Å². The SMILES string of the molecule is Cc1ccc([C@H](N=c2[nH][s+]([O-])nc2Nc2cccc(C(=O)N3CCN(c4ncccn4)CC3)c2O)C(C)(C)C)s1. The molecule has 1 aromatic carbocycles. The topological polar surface area (TPSA) is 146 Å². The Hall–Kier alpha value is -3.81. The largest absolute Gasteiger partial charge is 0.548 e. The second-order valence-electron chi connectivity index (χ2n) is 10.6. The minimum atomic E-state index is -1.72. The Balaban J connectivity index is 1.37. The summed E-state index contributed by atoms with van der Waals surface area (Å²) in [5.41, 5.74) is 0.558. The highest BCUT2D eigenvalue weighted by Gasteiger charge is 2.29. The molecular weight excluding hydrogens is 548 g/mol. The third-order valence-corrected chi connectivity index (χ3v) is 8.38. The zero-order valence-corrected chi connectivity index (χ0v) is 24.4. The summed E-state index contributed by atoms with van der Waals surface area (Å²) in [5.74, 6) is 0.381. The lowest BCUT2D eigenvalue weighted by Crippen LogP contribution is -2.49. The number of phenols is 1. The number of benzene rings is 1. The van der Waals surface area contributed by atoms with Crippen LogP contribution < -0.4 is 15.7 Å². The standard InChI is InChI=1S/C27H32N8O3S2/c1-17-9-10-20(39-17)22(27(2,3)4)31-24-23(32-40(38)33-24)30-19-8-5-7-18(21(19)36)25(37)34-13-15-35(16-14-34)26-28-11-6-12-29-26/h5-12,22,36H,13-16H2,1-4H3,(H,30,32)(H,31,33)/t22-,40?/m0/s1. The number of nitrogens with one attached hydrogen (secondary N) is 2. The van der Waals surface area contributed by atoms with Crippen LogP contribution in [0.2, 0.25) is 0 Å². The number of thiophene rings is 1. The molecule has 1 aliphatic rings. The van der Waals surface area contributed by atoms with Crippen molar-refractivity contribution in [2.45, 2.75) is 33.7 Å². The Morgan fingerprint density at radius 1 is 1.15 bits per heavy atom. The van der Waals surface area contributed by atoms with Gasteiger partial charge in [-0.2, -0.15) is 0 Å². The van der Waals surface area contributed by atoms with Crippen LogP contribution in [-0.4, -0.2) is 65.4 Å². The molecule has 0 bridgehead atoms. The first kappa shape index (κ1) is 27.7. The minimum absolute atomic E-state index is 0.169. The molecule has 0 saturated carbocycles. The van der Waals surface area contributed by atoms with Crippen LogP contribution in [0.5, 0.6) is 5.75 Å². The van der Waals surface area contributed by atoms with E-state index in [0.717, 1.165) is 4.88 Å². The average Bonchev–Trinajstić information content (AvgIpc) is 3.52. The summed E-state index contributed by atoms with van der Waals surface area (Å²) < 4.78 is 19.4. The van der Waals surface area contributed by atoms with Gasteiger partial charge >= 0.3 is 0 Å². The van der Waals surface area contributed by atoms with E-state index in [1.807, 2.05) is 11.8 Å². The summed E-state index contributed by atoms with van der Waals surface area (Å²) >= 11 is -0.0496. The summed E-state index contributed by atoms with van der Waals surface area (Å²) in [6, 6.07) is 10.6. The van der Waals surface area contributed by atoms with Gasteiger partial charge in [0.2, 0.25) is 17.3 Å². The molecule has 3 aromatic heterocycles. The number of aromatic hydroxyl groups is 1. The van der Waals surface area contributed by atoms with Gasteiger partial charge in [0, 0.05) is 52.7 Å². The van der Waals surface area contributed by atoms with Gasteiger partial charge in [-0.1, -0.05) is 26.8 Å². The number of amides is 1. The zero-order valence-electron chi connectivity index (χ0n) is 22.8. The molecule has 4 aromatic rings. The van der Waals surface area contributed by atoms with Gasteiger partial charge in [-0.15, -0.1) is 15.7 Å². The van der Waals surface area contributed by atoms with Crippen molar-refractivity contribution in [1.82, 2.24) is 23.6 Å². The van der Waals surface area contributed by atoms with Crippen LogP contribution >= 0.6 is 22.5 Å². The van der Waals surface area contributed by atoms with E-state index in [2.05, 4.69) is 56.9 Å². The highest BCUT2D eigenvalue weighted by molar-refractivity contribution is 7.14. The lowest BCUT2D eigenvalue weighted by Gasteiger charge is -2.34. The van der Waals surface area contributed by atoms with Crippen LogP contribution in [0.3, 0.4) is 0 Å². The molecule has 0 spiro atoms. The number of hydrogen-bond acceptors (Lipinski definition) is 10. The highest BCUT2D eigenvalue weighted by Crippen LogP contribution is 2.39. The van der Waals surface area contributed by atoms with Gasteiger partial charge in [0.1, 0.15) is 0 Å². The van der Waals surface area contributed by atoms with Crippen molar-refractivity contribution in [3.63, 3.8) is 0 Å². The number of carbonyl (C=O) groups is 1. The van der Waals surface area contributed by atoms with E-state index in [4.69, 9.17) is 4.99 Å². The second-order valence-corrected chi connectivity index (χ2v) is 12.8. The van der Waals surface area contributed by atoms with Gasteiger partial charge in [0.15, 0.2) is 16.9 Å². The fraction of sp³-hybridized carbons (Fsp3) is 0.370. The van der Waals surface area contributed by atoms with E-state index in [1.165, 1.54) is 4.88 Å². The van der Waals surface area contributed by atoms with Crippen molar-refractivity contribution in [3.05, 3.63) is 69.6 Å². The molecule has 13 heteroatoms. The molecule has 1 fully saturated rings. The summed E-state index contributed by atoms with van der Waals surface area (Å²) in [7, 11) is 0. The summed E-state index contributed by atoms with van der Waals surface area (Å²) in [6.07, 6.45) is 3.39. The Morgan fingerprint density at radius 3 is 2.52 bits per heavy atom. The van der Waals surface area contributed by atoms with E-state index >= 15 is 0 Å². The minimum Gasteiger partial charge on any atom is -0.548 e. The summed E-state index contributed by atoms with van der Waals surface area (Å²) in [4.78, 5) is 32.8. The van der Waals surface area contributed by atoms with Crippen LogP contribution in [0.1, 0.15) is 46.9 Å². The average molecular weight is 581 g/mol. The van der Waals surface area contributed by atoms with Gasteiger partial charge in [0.05, 0.1) is 17.3 Å². The molecule has 3 N–H and O–H groups in total. The van der Waals surface area contributed by atoms with Crippen molar-refractivity contribution in [2.75, 3.05) is 36.4 Å². The maximum atomic E-state index is 13.4. The lowest BCUT2D eigenvalue weighted by atomic mass is 9.86. The van der Waals surface area contributed by atoms with Gasteiger partial charge in [-0.05, 0) is 42.7 Å². The van der Waals surface area contributed by atoms with Crippen molar-refractivity contribution in [3.8, 4) is 5.75 Å². The Morgan fingerprint density at radius 2 is 1.88 bits per heavy atom. The third-order valence-electron chi connectivity index (χ3n) is 6.61. The van der Waals surface area contributed by atoms with Gasteiger partial charge in [-0.25, -0.2) is 9.97 Å². The van der Waals surface area contributed by atoms with Crippen molar-refractivity contribution < 1.29 is 14.5 Å². The normalized spacial score (nSPS) is 15.8. The Labute approximate surface area is 239 Å². The predicted octanol–water partition coefficient (Wildman–Crippen LogP) is 4.40. The number of carbonyl (C=O) groups excluding carboxylic acids is 1. The van der Waals surface area contributed by atoms with Crippen molar-refractivity contribution in [2.24, 2.45) is 10.4 Å². The second kappa shape index (κ2) is 11.4. The fourth-order valence-electron chi connectivity index (χ4n) is 4.54. The Kier molecular flexibility index (Phi) is 7.88. The third kappa shape index (κ3) is 6.01. The van der Waals surface area contributed by atoms with E-state index in [0.29, 0.717) is 37.6 Å². The van der Waals surface area contributed by atoms with Crippen LogP contribution in [0.4, 0.5) is 17.5 Å². The van der Waals surface area contributed by atoms with Gasteiger partial charge in [0.25, 0.3) is 5.91 Å². The van der Waals surface area contributed by atoms with E-state index in [9.17, 15) is 14.5 Å². The van der Waals surface area contributed by atoms with Crippen molar-refractivity contribution in [1.29, 1.82) is 0 Å². The lowest BCUT2D eigenvalue weighted by molar-refractivity contribution is 0.0743. The number of H-pyrrole nitrogens is 1. The van der Waals surface area contributed by atoms with Gasteiger partial charge in [-0.3, -0.25) is 9.79 Å². The number of piperazine rings is 1. The number of aromatic amines is 1. The molecule has 1 saturated heterocycles. The predicted molar refractivity (Wildman–Crippen MR) is 156 cm³/mol. The molecule has 1 aliphatic heterocycles. The molecule has 0 aliphatic carbocycles. The molecule has 4 heterocycles. The smallest absolute Gasteiger partial charge is 0.257 e. The summed E-state index contributed by atoms with van der Waals surface area (Å²) in [5, 5.41) is 14.1. The number of aryl methyl sites for hydroxylation is 1. The number of rotatable bonds is 6. The van der Waals surface area contributed by atoms with Crippen LogP contribution in [0, 0.1) is 12.3 Å². The number of nitrogens with zero attached hydrogens (tertiary/aromatic N) is 6. The fourth-order valence-corrected chi connectivity index (χ4v) is 6.36. The summed E-state index contributed by atoms with van der Waals surface area (Å²) in [6.45, 7) is 10.4. The first-order valence-corrected chi connectivity index (χ1v) is 14.8. The highest BCUT2D eigenvalue weighted by atomic mass is 32.2. The molecule has 2 atom stereocenters. The van der Waals surface area contributed by atoms with Crippen LogP contribution in [0.15, 0.2) is 53.8 Å². The molecule has 40 heavy (non-hydrogen) atoms. The number of para-hydroxylation sites is 1. The molecule has 11 nitrogen and oxygen atoms in total. The molecule has 1 unspecified atom stereocenters. The van der Waals surface area contributed by atoms with E-state index in [-0.39, 0.29) is 40.2 Å². The molecular formula is C27H32N8O3S2. The monoisotopic (exact) mass is 580 g/mol. The first-order chi connectivity index (χ1) is 19.1. The van der Waals surface area contributed by atoms with Crippen LogP contribution in [-0.2, 0) is 0 Å². The van der Waals surface area contributed by atoms with Crippen molar-refractivity contribution >= 4 is 45.8 Å². The van der Waals surface area contributed by atoms with E-state index in [1.54, 1.807) is 52.9 Å². The quantitative estimate of drug-likeness (QED) is 0.225. The number of hydrogen-bond donors (Lipinski definition) is 3. The van der Waals surface area contributed by atoms with Crippen LogP contribution in [0.25, 0.3) is 0 Å². The number of aromatic nitrogens is 4. The number of anilines is 3.